The summed E-state index contributed by atoms with van der Waals surface area (Å²) in [7, 11) is 0. The maximum absolute atomic E-state index is 8.93. The van der Waals surface area contributed by atoms with Gasteiger partial charge in [0, 0.05) is 12.8 Å². The second-order valence-corrected chi connectivity index (χ2v) is 10.9. The molecule has 4 aliphatic carbocycles. The van der Waals surface area contributed by atoms with Gasteiger partial charge in [-0.05, 0) is 98.4 Å². The van der Waals surface area contributed by atoms with E-state index in [0.717, 1.165) is 56.1 Å². The predicted molar refractivity (Wildman–Crippen MR) is 109 cm³/mol. The Morgan fingerprint density at radius 2 is 1.86 bits per heavy atom. The van der Waals surface area contributed by atoms with Crippen LogP contribution in [0, 0.1) is 45.8 Å². The van der Waals surface area contributed by atoms with Gasteiger partial charge in [-0.1, -0.05) is 19.4 Å². The molecule has 5 rings (SSSR count). The highest BCUT2D eigenvalue weighted by Gasteiger charge is 2.59. The summed E-state index contributed by atoms with van der Waals surface area (Å²) in [6.45, 7) is 6.68. The van der Waals surface area contributed by atoms with Crippen molar-refractivity contribution in [2.45, 2.75) is 90.3 Å². The largest absolute Gasteiger partial charge is 0.344 e. The Labute approximate surface area is 170 Å². The third kappa shape index (κ3) is 2.74. The maximum Gasteiger partial charge on any atom is 0.188 e. The quantitative estimate of drug-likeness (QED) is 0.443. The van der Waals surface area contributed by atoms with Crippen LogP contribution >= 0.6 is 0 Å². The average Bonchev–Trinajstić information content (AvgIpc) is 3.27. The van der Waals surface area contributed by atoms with Crippen LogP contribution in [0.1, 0.15) is 84.5 Å². The van der Waals surface area contributed by atoms with Crippen molar-refractivity contribution >= 4 is 0 Å². The SMILES string of the molecule is CC12CCC3(C=C1CCC1C2CCC2(C)C(CCCC#N)CCC12)OCCO3. The van der Waals surface area contributed by atoms with Crippen LogP contribution in [0.15, 0.2) is 11.6 Å². The molecule has 0 aromatic carbocycles. The summed E-state index contributed by atoms with van der Waals surface area (Å²) in [6.07, 6.45) is 16.0. The van der Waals surface area contributed by atoms with Crippen molar-refractivity contribution in [2.75, 3.05) is 13.2 Å². The predicted octanol–water partition coefficient (Wildman–Crippen LogP) is 6.00. The standard InChI is InChI=1S/C25H37NO2/c1-23-11-10-22-20(21(23)9-7-18(23)5-3-4-14-26)8-6-19-17-25(27-15-16-28-25)13-12-24(19,22)2/h17-18,20-22H,3-13,15-16H2,1-2H3. The summed E-state index contributed by atoms with van der Waals surface area (Å²) in [5, 5.41) is 8.93. The number of ether oxygens (including phenoxy) is 2. The van der Waals surface area contributed by atoms with Crippen LogP contribution in [0.2, 0.25) is 0 Å². The zero-order chi connectivity index (χ0) is 19.4. The van der Waals surface area contributed by atoms with Crippen molar-refractivity contribution in [3.8, 4) is 6.07 Å². The zero-order valence-electron chi connectivity index (χ0n) is 17.8. The molecule has 5 aliphatic rings. The van der Waals surface area contributed by atoms with Crippen molar-refractivity contribution in [3.63, 3.8) is 0 Å². The Hall–Kier alpha value is -0.850. The highest BCUT2D eigenvalue weighted by molar-refractivity contribution is 5.27. The van der Waals surface area contributed by atoms with E-state index in [0.29, 0.717) is 10.8 Å². The number of allylic oxidation sites excluding steroid dienone is 1. The molecule has 1 saturated heterocycles. The van der Waals surface area contributed by atoms with Crippen molar-refractivity contribution in [1.29, 1.82) is 5.26 Å². The van der Waals surface area contributed by atoms with Gasteiger partial charge in [0.1, 0.15) is 0 Å². The van der Waals surface area contributed by atoms with Crippen LogP contribution in [0.5, 0.6) is 0 Å². The molecule has 154 valence electrons. The van der Waals surface area contributed by atoms with Gasteiger partial charge >= 0.3 is 0 Å². The Balaban J connectivity index is 1.37. The van der Waals surface area contributed by atoms with Crippen LogP contribution < -0.4 is 0 Å². The molecule has 3 nitrogen and oxygen atoms in total. The molecule has 0 bridgehead atoms. The summed E-state index contributed by atoms with van der Waals surface area (Å²) >= 11 is 0. The fourth-order valence-corrected chi connectivity index (χ4v) is 8.39. The number of fused-ring (bicyclic) bond motifs is 5. The minimum absolute atomic E-state index is 0.365. The summed E-state index contributed by atoms with van der Waals surface area (Å²) in [5.74, 6) is 3.13. The fourth-order valence-electron chi connectivity index (χ4n) is 8.39. The normalized spacial score (nSPS) is 46.4. The van der Waals surface area contributed by atoms with Gasteiger partial charge in [0.05, 0.1) is 19.3 Å². The van der Waals surface area contributed by atoms with Gasteiger partial charge < -0.3 is 9.47 Å². The molecule has 3 saturated carbocycles. The van der Waals surface area contributed by atoms with Crippen molar-refractivity contribution < 1.29 is 9.47 Å². The highest BCUT2D eigenvalue weighted by atomic mass is 16.7. The molecule has 1 spiro atoms. The molecule has 1 heterocycles. The molecule has 6 unspecified atom stereocenters. The smallest absolute Gasteiger partial charge is 0.188 e. The van der Waals surface area contributed by atoms with Crippen LogP contribution in [0.3, 0.4) is 0 Å². The number of rotatable bonds is 3. The monoisotopic (exact) mass is 383 g/mol. The molecule has 0 aromatic heterocycles. The van der Waals surface area contributed by atoms with Gasteiger partial charge in [-0.3, -0.25) is 0 Å². The average molecular weight is 384 g/mol. The van der Waals surface area contributed by atoms with E-state index >= 15 is 0 Å². The molecule has 3 heteroatoms. The fraction of sp³-hybridized carbons (Fsp3) is 0.880. The molecule has 0 amide bonds. The van der Waals surface area contributed by atoms with Crippen molar-refractivity contribution in [3.05, 3.63) is 11.6 Å². The number of hydrogen-bond acceptors (Lipinski definition) is 3. The molecular weight excluding hydrogens is 346 g/mol. The summed E-state index contributed by atoms with van der Waals surface area (Å²) < 4.78 is 12.1. The Morgan fingerprint density at radius 1 is 1.04 bits per heavy atom. The molecule has 4 fully saturated rings. The second-order valence-electron chi connectivity index (χ2n) is 10.9. The molecule has 0 aromatic rings. The lowest BCUT2D eigenvalue weighted by Crippen LogP contribution is -2.52. The summed E-state index contributed by atoms with van der Waals surface area (Å²) in [6, 6.07) is 2.35. The maximum atomic E-state index is 8.93. The third-order valence-corrected chi connectivity index (χ3v) is 9.94. The molecule has 0 N–H and O–H groups in total. The minimum atomic E-state index is -0.385. The Bertz CT molecular complexity index is 687. The van der Waals surface area contributed by atoms with E-state index in [9.17, 15) is 0 Å². The lowest BCUT2D eigenvalue weighted by atomic mass is 9.46. The number of nitriles is 1. The summed E-state index contributed by atoms with van der Waals surface area (Å²) in [4.78, 5) is 0. The van der Waals surface area contributed by atoms with Crippen LogP contribution in [0.25, 0.3) is 0 Å². The Kier molecular flexibility index (Phi) is 4.68. The van der Waals surface area contributed by atoms with Crippen molar-refractivity contribution in [1.82, 2.24) is 0 Å². The van der Waals surface area contributed by atoms with E-state index in [2.05, 4.69) is 26.0 Å². The number of unbranched alkanes of at least 4 members (excludes halogenated alkanes) is 1. The summed E-state index contributed by atoms with van der Waals surface area (Å²) in [5.41, 5.74) is 2.54. The third-order valence-electron chi connectivity index (χ3n) is 9.94. The first-order chi connectivity index (χ1) is 13.5. The molecule has 28 heavy (non-hydrogen) atoms. The molecule has 0 radical (unpaired) electrons. The van der Waals surface area contributed by atoms with Crippen molar-refractivity contribution in [2.24, 2.45) is 34.5 Å². The lowest BCUT2D eigenvalue weighted by Gasteiger charge is -2.59. The highest BCUT2D eigenvalue weighted by Crippen LogP contribution is 2.67. The van der Waals surface area contributed by atoms with Gasteiger partial charge in [-0.15, -0.1) is 0 Å². The van der Waals surface area contributed by atoms with Crippen LogP contribution in [-0.4, -0.2) is 19.0 Å². The molecular formula is C25H37NO2. The van der Waals surface area contributed by atoms with E-state index in [-0.39, 0.29) is 5.79 Å². The topological polar surface area (TPSA) is 42.2 Å². The van der Waals surface area contributed by atoms with Crippen LogP contribution in [0.4, 0.5) is 0 Å². The van der Waals surface area contributed by atoms with E-state index in [1.54, 1.807) is 5.57 Å². The minimum Gasteiger partial charge on any atom is -0.344 e. The lowest BCUT2D eigenvalue weighted by molar-refractivity contribution is -0.144. The van der Waals surface area contributed by atoms with E-state index in [4.69, 9.17) is 14.7 Å². The van der Waals surface area contributed by atoms with Gasteiger partial charge in [-0.25, -0.2) is 0 Å². The molecule has 1 aliphatic heterocycles. The first kappa shape index (κ1) is 19.1. The number of nitrogens with zero attached hydrogens (tertiary/aromatic N) is 1. The van der Waals surface area contributed by atoms with Gasteiger partial charge in [0.15, 0.2) is 5.79 Å². The van der Waals surface area contributed by atoms with Gasteiger partial charge in [0.25, 0.3) is 0 Å². The van der Waals surface area contributed by atoms with E-state index in [1.165, 1.54) is 51.4 Å². The first-order valence-electron chi connectivity index (χ1n) is 11.9. The number of hydrogen-bond donors (Lipinski definition) is 0. The second kappa shape index (κ2) is 6.85. The van der Waals surface area contributed by atoms with E-state index in [1.807, 2.05) is 0 Å². The van der Waals surface area contributed by atoms with E-state index < -0.39 is 0 Å². The van der Waals surface area contributed by atoms with Gasteiger partial charge in [-0.2, -0.15) is 5.26 Å². The first-order valence-corrected chi connectivity index (χ1v) is 11.9. The molecule has 6 atom stereocenters. The zero-order valence-corrected chi connectivity index (χ0v) is 17.8. The van der Waals surface area contributed by atoms with Gasteiger partial charge in [0.2, 0.25) is 0 Å². The Morgan fingerprint density at radius 3 is 2.64 bits per heavy atom. The van der Waals surface area contributed by atoms with Crippen LogP contribution in [-0.2, 0) is 9.47 Å².